The monoisotopic (exact) mass is 418 g/mol. The fourth-order valence-electron chi connectivity index (χ4n) is 2.79. The molecule has 0 unspecified atom stereocenters. The van der Waals surface area contributed by atoms with Gasteiger partial charge in [0.05, 0.1) is 23.7 Å². The van der Waals surface area contributed by atoms with E-state index in [4.69, 9.17) is 23.2 Å². The van der Waals surface area contributed by atoms with Crippen LogP contribution in [0.2, 0.25) is 10.0 Å². The normalized spacial score (nSPS) is 10.7. The van der Waals surface area contributed by atoms with Gasteiger partial charge in [-0.3, -0.25) is 4.79 Å². The van der Waals surface area contributed by atoms with Crippen molar-refractivity contribution in [2.24, 2.45) is 0 Å². The third-order valence-corrected chi connectivity index (χ3v) is 4.56. The molecular formula is C19H16Cl2N4O3. The summed E-state index contributed by atoms with van der Waals surface area (Å²) in [6.45, 7) is 0.184. The lowest BCUT2D eigenvalue weighted by Gasteiger charge is -2.22. The van der Waals surface area contributed by atoms with Crippen LogP contribution in [-0.2, 0) is 11.3 Å². The number of halogens is 2. The molecule has 0 aliphatic heterocycles. The van der Waals surface area contributed by atoms with E-state index < -0.39 is 5.97 Å². The van der Waals surface area contributed by atoms with E-state index in [0.717, 1.165) is 0 Å². The first-order chi connectivity index (χ1) is 13.3. The van der Waals surface area contributed by atoms with Crippen LogP contribution in [0.3, 0.4) is 0 Å². The molecule has 0 spiro atoms. The number of aromatic carboxylic acids is 1. The molecule has 28 heavy (non-hydrogen) atoms. The molecule has 0 aliphatic carbocycles. The van der Waals surface area contributed by atoms with E-state index in [2.05, 4.69) is 15.3 Å². The number of carbonyl (C=O) groups excluding carboxylic acids is 1. The Bertz CT molecular complexity index is 1040. The standard InChI is InChI=1S/C19H16Cl2N4O3/c1-25(10-17(26)24-9-16-22-3-2-4-23-16)15-7-12(19(27)28)5-11-6-13(20)8-14(21)18(11)15/h2-8H,9-10H2,1H3,(H,24,26)(H,27,28). The van der Waals surface area contributed by atoms with E-state index in [9.17, 15) is 14.7 Å². The number of carbonyl (C=O) groups is 2. The van der Waals surface area contributed by atoms with Crippen LogP contribution in [0, 0.1) is 0 Å². The predicted octanol–water partition coefficient (Wildman–Crippen LogP) is 3.39. The summed E-state index contributed by atoms with van der Waals surface area (Å²) in [5.41, 5.74) is 0.591. The molecule has 1 heterocycles. The Morgan fingerprint density at radius 3 is 2.54 bits per heavy atom. The van der Waals surface area contributed by atoms with Crippen molar-refractivity contribution in [1.29, 1.82) is 0 Å². The molecule has 0 saturated carbocycles. The van der Waals surface area contributed by atoms with Crippen LogP contribution < -0.4 is 10.2 Å². The number of amides is 1. The zero-order valence-corrected chi connectivity index (χ0v) is 16.3. The van der Waals surface area contributed by atoms with E-state index in [1.165, 1.54) is 12.1 Å². The van der Waals surface area contributed by atoms with E-state index in [-0.39, 0.29) is 24.6 Å². The lowest BCUT2D eigenvalue weighted by atomic mass is 10.0. The Hall–Kier alpha value is -2.90. The van der Waals surface area contributed by atoms with Crippen molar-refractivity contribution in [2.45, 2.75) is 6.54 Å². The molecule has 0 atom stereocenters. The number of benzene rings is 2. The lowest BCUT2D eigenvalue weighted by molar-refractivity contribution is -0.119. The van der Waals surface area contributed by atoms with Gasteiger partial charge in [-0.15, -0.1) is 0 Å². The molecule has 1 amide bonds. The van der Waals surface area contributed by atoms with E-state index >= 15 is 0 Å². The number of likely N-dealkylation sites (N-methyl/N-ethyl adjacent to an activating group) is 1. The van der Waals surface area contributed by atoms with Gasteiger partial charge in [-0.25, -0.2) is 14.8 Å². The van der Waals surface area contributed by atoms with Crippen molar-refractivity contribution in [3.8, 4) is 0 Å². The number of carboxylic acid groups (broad SMARTS) is 1. The summed E-state index contributed by atoms with van der Waals surface area (Å²) in [5.74, 6) is -0.859. The molecule has 2 N–H and O–H groups in total. The average molecular weight is 419 g/mol. The van der Waals surface area contributed by atoms with Crippen LogP contribution in [0.25, 0.3) is 10.8 Å². The van der Waals surface area contributed by atoms with Crippen LogP contribution in [-0.4, -0.2) is 40.5 Å². The number of rotatable bonds is 6. The molecule has 9 heteroatoms. The molecule has 7 nitrogen and oxygen atoms in total. The Morgan fingerprint density at radius 2 is 1.86 bits per heavy atom. The number of hydrogen-bond acceptors (Lipinski definition) is 5. The Balaban J connectivity index is 1.86. The third kappa shape index (κ3) is 4.49. The molecule has 0 radical (unpaired) electrons. The maximum atomic E-state index is 12.3. The average Bonchev–Trinajstić information content (AvgIpc) is 2.65. The molecule has 144 valence electrons. The highest BCUT2D eigenvalue weighted by atomic mass is 35.5. The molecule has 0 saturated heterocycles. The highest BCUT2D eigenvalue weighted by Gasteiger charge is 2.17. The van der Waals surface area contributed by atoms with Gasteiger partial charge in [0.1, 0.15) is 5.82 Å². The van der Waals surface area contributed by atoms with Crippen LogP contribution in [0.15, 0.2) is 42.7 Å². The van der Waals surface area contributed by atoms with Crippen molar-refractivity contribution in [2.75, 3.05) is 18.5 Å². The number of carboxylic acids is 1. The number of hydrogen-bond donors (Lipinski definition) is 2. The van der Waals surface area contributed by atoms with Crippen LogP contribution in [0.1, 0.15) is 16.2 Å². The zero-order valence-electron chi connectivity index (χ0n) is 14.8. The SMILES string of the molecule is CN(CC(=O)NCc1ncccn1)c1cc(C(=O)O)cc2cc(Cl)cc(Cl)c12. The van der Waals surface area contributed by atoms with Crippen molar-refractivity contribution < 1.29 is 14.7 Å². The maximum absolute atomic E-state index is 12.3. The Morgan fingerprint density at radius 1 is 1.14 bits per heavy atom. The summed E-state index contributed by atoms with van der Waals surface area (Å²) in [5, 5.41) is 14.1. The number of fused-ring (bicyclic) bond motifs is 1. The minimum Gasteiger partial charge on any atom is -0.478 e. The number of aromatic nitrogens is 2. The summed E-state index contributed by atoms with van der Waals surface area (Å²) < 4.78 is 0. The predicted molar refractivity (Wildman–Crippen MR) is 108 cm³/mol. The fraction of sp³-hybridized carbons (Fsp3) is 0.158. The second-order valence-corrected chi connectivity index (χ2v) is 6.93. The molecule has 2 aromatic carbocycles. The smallest absolute Gasteiger partial charge is 0.335 e. The summed E-state index contributed by atoms with van der Waals surface area (Å²) in [4.78, 5) is 33.5. The van der Waals surface area contributed by atoms with Crippen molar-refractivity contribution in [1.82, 2.24) is 15.3 Å². The van der Waals surface area contributed by atoms with Gasteiger partial charge in [0.15, 0.2) is 0 Å². The van der Waals surface area contributed by atoms with Gasteiger partial charge in [-0.1, -0.05) is 23.2 Å². The van der Waals surface area contributed by atoms with Gasteiger partial charge >= 0.3 is 5.97 Å². The summed E-state index contributed by atoms with van der Waals surface area (Å²) in [6, 6.07) is 7.89. The van der Waals surface area contributed by atoms with Crippen LogP contribution in [0.4, 0.5) is 5.69 Å². The minimum absolute atomic E-state index is 0.00996. The van der Waals surface area contributed by atoms with Crippen molar-refractivity contribution in [3.63, 3.8) is 0 Å². The summed E-state index contributed by atoms with van der Waals surface area (Å²) in [7, 11) is 1.68. The van der Waals surface area contributed by atoms with E-state index in [1.54, 1.807) is 42.5 Å². The Labute approximate surface area is 170 Å². The quantitative estimate of drug-likeness (QED) is 0.636. The largest absolute Gasteiger partial charge is 0.478 e. The first kappa shape index (κ1) is 19.9. The van der Waals surface area contributed by atoms with Gasteiger partial charge in [0, 0.05) is 35.5 Å². The summed E-state index contributed by atoms with van der Waals surface area (Å²) in [6.07, 6.45) is 3.19. The number of nitrogens with one attached hydrogen (secondary N) is 1. The molecular weight excluding hydrogens is 403 g/mol. The first-order valence-electron chi connectivity index (χ1n) is 8.25. The lowest BCUT2D eigenvalue weighted by Crippen LogP contribution is -2.35. The molecule has 3 rings (SSSR count). The summed E-state index contributed by atoms with van der Waals surface area (Å²) >= 11 is 12.4. The van der Waals surface area contributed by atoms with Crippen molar-refractivity contribution >= 4 is 51.5 Å². The molecule has 1 aromatic heterocycles. The highest BCUT2D eigenvalue weighted by Crippen LogP contribution is 2.36. The topological polar surface area (TPSA) is 95.4 Å². The second-order valence-electron chi connectivity index (χ2n) is 6.08. The van der Waals surface area contributed by atoms with Crippen molar-refractivity contribution in [3.05, 3.63) is 64.2 Å². The second kappa shape index (κ2) is 8.41. The number of nitrogens with zero attached hydrogens (tertiary/aromatic N) is 3. The minimum atomic E-state index is -1.08. The highest BCUT2D eigenvalue weighted by molar-refractivity contribution is 6.39. The fourth-order valence-corrected chi connectivity index (χ4v) is 3.39. The molecule has 0 fully saturated rings. The Kier molecular flexibility index (Phi) is 5.96. The van der Waals surface area contributed by atoms with Gasteiger partial charge < -0.3 is 15.3 Å². The zero-order chi connectivity index (χ0) is 20.3. The van der Waals surface area contributed by atoms with Gasteiger partial charge in [-0.2, -0.15) is 0 Å². The van der Waals surface area contributed by atoms with Gasteiger partial charge in [0.2, 0.25) is 5.91 Å². The van der Waals surface area contributed by atoms with Crippen LogP contribution >= 0.6 is 23.2 Å². The molecule has 0 aliphatic rings. The first-order valence-corrected chi connectivity index (χ1v) is 9.00. The number of anilines is 1. The van der Waals surface area contributed by atoms with E-state index in [1.807, 2.05) is 0 Å². The third-order valence-electron chi connectivity index (χ3n) is 4.05. The molecule has 3 aromatic rings. The van der Waals surface area contributed by atoms with Gasteiger partial charge in [-0.05, 0) is 35.7 Å². The molecule has 0 bridgehead atoms. The van der Waals surface area contributed by atoms with Gasteiger partial charge in [0.25, 0.3) is 0 Å². The van der Waals surface area contributed by atoms with Crippen LogP contribution in [0.5, 0.6) is 0 Å². The van der Waals surface area contributed by atoms with E-state index in [0.29, 0.717) is 32.3 Å². The maximum Gasteiger partial charge on any atom is 0.335 e.